The maximum absolute atomic E-state index is 5.20. The summed E-state index contributed by atoms with van der Waals surface area (Å²) >= 11 is 0. The summed E-state index contributed by atoms with van der Waals surface area (Å²) < 4.78 is 10.3. The van der Waals surface area contributed by atoms with Crippen LogP contribution in [-0.2, 0) is 9.47 Å². The molecule has 0 radical (unpaired) electrons. The number of nitrogens with zero attached hydrogens (tertiary/aromatic N) is 2. The van der Waals surface area contributed by atoms with E-state index in [1.165, 1.54) is 6.34 Å². The van der Waals surface area contributed by atoms with Crippen LogP contribution in [0.5, 0.6) is 0 Å². The minimum atomic E-state index is -0.141. The molecule has 68 valence electrons. The highest BCUT2D eigenvalue weighted by molar-refractivity contribution is 5.94. The molecule has 0 aromatic carbocycles. The first-order valence-corrected chi connectivity index (χ1v) is 4.17. The lowest BCUT2D eigenvalue weighted by Crippen LogP contribution is -2.30. The van der Waals surface area contributed by atoms with Crippen LogP contribution >= 0.6 is 0 Å². The fourth-order valence-electron chi connectivity index (χ4n) is 1.06. The first-order valence-electron chi connectivity index (χ1n) is 4.17. The molecule has 4 heteroatoms. The van der Waals surface area contributed by atoms with Gasteiger partial charge in [0.05, 0.1) is 5.71 Å². The van der Waals surface area contributed by atoms with Crippen molar-refractivity contribution in [2.75, 3.05) is 6.79 Å². The number of rotatable bonds is 0. The molecule has 0 N–H and O–H groups in total. The van der Waals surface area contributed by atoms with Crippen LogP contribution in [0.2, 0.25) is 0 Å². The molecule has 1 fully saturated rings. The van der Waals surface area contributed by atoms with Gasteiger partial charge in [-0.25, -0.2) is 9.98 Å². The SMILES string of the molecule is CC.CC1=NC=NC2OCOC12. The molecular weight excluding hydrogens is 156 g/mol. The van der Waals surface area contributed by atoms with Crippen LogP contribution in [0.25, 0.3) is 0 Å². The molecule has 2 rings (SSSR count). The van der Waals surface area contributed by atoms with E-state index in [1.807, 2.05) is 20.8 Å². The topological polar surface area (TPSA) is 43.2 Å². The normalized spacial score (nSPS) is 31.8. The molecule has 2 aliphatic rings. The van der Waals surface area contributed by atoms with Crippen LogP contribution in [-0.4, -0.2) is 31.2 Å². The molecule has 2 unspecified atom stereocenters. The van der Waals surface area contributed by atoms with E-state index in [2.05, 4.69) is 9.98 Å². The summed E-state index contributed by atoms with van der Waals surface area (Å²) in [7, 11) is 0. The second-order valence-corrected chi connectivity index (χ2v) is 2.30. The van der Waals surface area contributed by atoms with Gasteiger partial charge in [0.1, 0.15) is 12.4 Å². The fraction of sp³-hybridized carbons (Fsp3) is 0.750. The Morgan fingerprint density at radius 2 is 2.17 bits per heavy atom. The van der Waals surface area contributed by atoms with Gasteiger partial charge in [-0.15, -0.1) is 0 Å². The summed E-state index contributed by atoms with van der Waals surface area (Å²) in [4.78, 5) is 7.97. The van der Waals surface area contributed by atoms with Gasteiger partial charge in [0.2, 0.25) is 0 Å². The Morgan fingerprint density at radius 3 is 2.83 bits per heavy atom. The first-order chi connectivity index (χ1) is 5.88. The zero-order chi connectivity index (χ0) is 8.97. The van der Waals surface area contributed by atoms with Crippen molar-refractivity contribution < 1.29 is 9.47 Å². The molecule has 12 heavy (non-hydrogen) atoms. The number of fused-ring (bicyclic) bond motifs is 1. The smallest absolute Gasteiger partial charge is 0.184 e. The third-order valence-corrected chi connectivity index (χ3v) is 1.63. The third-order valence-electron chi connectivity index (χ3n) is 1.63. The Kier molecular flexibility index (Phi) is 3.37. The Hall–Kier alpha value is -0.740. The lowest BCUT2D eigenvalue weighted by Gasteiger charge is -2.14. The van der Waals surface area contributed by atoms with Crippen LogP contribution < -0.4 is 0 Å². The van der Waals surface area contributed by atoms with Gasteiger partial charge in [-0.1, -0.05) is 13.8 Å². The number of aliphatic imine (C=N–C) groups is 2. The maximum atomic E-state index is 5.20. The van der Waals surface area contributed by atoms with E-state index in [1.54, 1.807) is 0 Å². The predicted octanol–water partition coefficient (Wildman–Crippen LogP) is 1.21. The van der Waals surface area contributed by atoms with Gasteiger partial charge in [0.25, 0.3) is 0 Å². The highest BCUT2D eigenvalue weighted by Gasteiger charge is 2.32. The van der Waals surface area contributed by atoms with E-state index in [4.69, 9.17) is 9.47 Å². The third kappa shape index (κ3) is 1.70. The minimum Gasteiger partial charge on any atom is -0.341 e. The molecule has 1 saturated heterocycles. The van der Waals surface area contributed by atoms with Crippen LogP contribution in [0, 0.1) is 0 Å². The van der Waals surface area contributed by atoms with Crippen LogP contribution in [0.15, 0.2) is 9.98 Å². The summed E-state index contributed by atoms with van der Waals surface area (Å²) in [5, 5.41) is 0. The molecule has 2 heterocycles. The van der Waals surface area contributed by atoms with E-state index in [0.29, 0.717) is 6.79 Å². The van der Waals surface area contributed by atoms with Crippen molar-refractivity contribution in [3.63, 3.8) is 0 Å². The number of ether oxygens (including phenoxy) is 2. The van der Waals surface area contributed by atoms with Crippen molar-refractivity contribution in [2.24, 2.45) is 9.98 Å². The van der Waals surface area contributed by atoms with E-state index in [0.717, 1.165) is 5.71 Å². The molecule has 2 atom stereocenters. The zero-order valence-electron chi connectivity index (χ0n) is 7.65. The lowest BCUT2D eigenvalue weighted by atomic mass is 10.2. The van der Waals surface area contributed by atoms with Crippen molar-refractivity contribution in [1.82, 2.24) is 0 Å². The van der Waals surface area contributed by atoms with Gasteiger partial charge in [0, 0.05) is 0 Å². The first kappa shape index (κ1) is 9.35. The summed E-state index contributed by atoms with van der Waals surface area (Å²) in [6.07, 6.45) is 1.34. The second-order valence-electron chi connectivity index (χ2n) is 2.30. The van der Waals surface area contributed by atoms with Gasteiger partial charge in [-0.05, 0) is 6.92 Å². The molecule has 4 nitrogen and oxygen atoms in total. The van der Waals surface area contributed by atoms with Gasteiger partial charge >= 0.3 is 0 Å². The number of hydrogen-bond donors (Lipinski definition) is 0. The molecule has 0 aromatic rings. The summed E-state index contributed by atoms with van der Waals surface area (Å²) in [6.45, 7) is 6.25. The molecule has 2 aliphatic heterocycles. The summed E-state index contributed by atoms with van der Waals surface area (Å²) in [5.74, 6) is 0. The van der Waals surface area contributed by atoms with Crippen molar-refractivity contribution in [3.05, 3.63) is 0 Å². The minimum absolute atomic E-state index is 0.0370. The lowest BCUT2D eigenvalue weighted by molar-refractivity contribution is 0.0464. The molecular formula is C8H14N2O2. The molecule has 0 amide bonds. The Bertz CT molecular complexity index is 201. The Labute approximate surface area is 72.3 Å². The largest absolute Gasteiger partial charge is 0.341 e. The molecule has 0 saturated carbocycles. The molecule has 0 aliphatic carbocycles. The van der Waals surface area contributed by atoms with E-state index in [-0.39, 0.29) is 12.3 Å². The van der Waals surface area contributed by atoms with Crippen LogP contribution in [0.3, 0.4) is 0 Å². The maximum Gasteiger partial charge on any atom is 0.184 e. The molecule has 0 aromatic heterocycles. The standard InChI is InChI=1S/C6H8N2O2.C2H6/c1-4-5-6(8-2-7-4)10-3-9-5;1-2/h2,5-6H,3H2,1H3;1-2H3. The average molecular weight is 170 g/mol. The Balaban J connectivity index is 0.000000336. The van der Waals surface area contributed by atoms with Crippen molar-refractivity contribution in [3.8, 4) is 0 Å². The monoisotopic (exact) mass is 170 g/mol. The quantitative estimate of drug-likeness (QED) is 0.548. The van der Waals surface area contributed by atoms with E-state index < -0.39 is 0 Å². The highest BCUT2D eigenvalue weighted by atomic mass is 16.7. The average Bonchev–Trinajstić information content (AvgIpc) is 2.57. The number of hydrogen-bond acceptors (Lipinski definition) is 4. The summed E-state index contributed by atoms with van der Waals surface area (Å²) in [5.41, 5.74) is 0.942. The van der Waals surface area contributed by atoms with Crippen LogP contribution in [0.1, 0.15) is 20.8 Å². The van der Waals surface area contributed by atoms with Gasteiger partial charge in [-0.2, -0.15) is 0 Å². The predicted molar refractivity (Wildman–Crippen MR) is 47.6 cm³/mol. The molecule has 0 spiro atoms. The van der Waals surface area contributed by atoms with Crippen molar-refractivity contribution >= 4 is 12.1 Å². The summed E-state index contributed by atoms with van der Waals surface area (Å²) in [6, 6.07) is 0. The van der Waals surface area contributed by atoms with Gasteiger partial charge < -0.3 is 9.47 Å². The van der Waals surface area contributed by atoms with E-state index >= 15 is 0 Å². The van der Waals surface area contributed by atoms with Crippen molar-refractivity contribution in [2.45, 2.75) is 33.1 Å². The van der Waals surface area contributed by atoms with Gasteiger partial charge in [0.15, 0.2) is 13.0 Å². The Morgan fingerprint density at radius 1 is 1.42 bits per heavy atom. The fourth-order valence-corrected chi connectivity index (χ4v) is 1.06. The van der Waals surface area contributed by atoms with Gasteiger partial charge in [-0.3, -0.25) is 0 Å². The molecule has 0 bridgehead atoms. The second kappa shape index (κ2) is 4.33. The van der Waals surface area contributed by atoms with Crippen LogP contribution in [0.4, 0.5) is 0 Å². The van der Waals surface area contributed by atoms with E-state index in [9.17, 15) is 0 Å². The highest BCUT2D eigenvalue weighted by Crippen LogP contribution is 2.17. The zero-order valence-corrected chi connectivity index (χ0v) is 7.65. The van der Waals surface area contributed by atoms with Crippen molar-refractivity contribution in [1.29, 1.82) is 0 Å².